The van der Waals surface area contributed by atoms with Crippen molar-refractivity contribution >= 4 is 0 Å². The van der Waals surface area contributed by atoms with Crippen LogP contribution in [0.2, 0.25) is 0 Å². The predicted octanol–water partition coefficient (Wildman–Crippen LogP) is 2.31. The summed E-state index contributed by atoms with van der Waals surface area (Å²) in [6, 6.07) is 4.20. The average molecular weight is 194 g/mol. The Hall–Kier alpha value is -0.890. The van der Waals surface area contributed by atoms with Crippen LogP contribution < -0.4 is 4.57 Å². The number of nitrogens with zero attached hydrogens (tertiary/aromatic N) is 1. The summed E-state index contributed by atoms with van der Waals surface area (Å²) in [5.41, 5.74) is 1.26. The molecule has 0 bridgehead atoms. The van der Waals surface area contributed by atoms with Gasteiger partial charge in [0.1, 0.15) is 6.54 Å². The lowest BCUT2D eigenvalue weighted by Crippen LogP contribution is -2.33. The van der Waals surface area contributed by atoms with E-state index in [1.54, 1.807) is 0 Å². The Balaban J connectivity index is 2.50. The number of ether oxygens (including phenoxy) is 1. The van der Waals surface area contributed by atoms with E-state index >= 15 is 0 Å². The van der Waals surface area contributed by atoms with Crippen molar-refractivity contribution in [3.8, 4) is 0 Å². The first kappa shape index (κ1) is 11.2. The minimum atomic E-state index is 0.726. The molecule has 2 heteroatoms. The standard InChI is InChI=1S/C12H20NO/c1-3-5-8-13-9-6-7-12(10-13)11-14-4-2/h6-7,9-10H,3-5,8,11H2,1-2H3/q+1. The Morgan fingerprint density at radius 2 is 2.21 bits per heavy atom. The van der Waals surface area contributed by atoms with Crippen LogP contribution in [0.25, 0.3) is 0 Å². The zero-order chi connectivity index (χ0) is 10.2. The van der Waals surface area contributed by atoms with Gasteiger partial charge in [-0.3, -0.25) is 0 Å². The molecular weight excluding hydrogens is 174 g/mol. The maximum Gasteiger partial charge on any atom is 0.174 e. The Morgan fingerprint density at radius 1 is 1.36 bits per heavy atom. The van der Waals surface area contributed by atoms with E-state index in [4.69, 9.17) is 4.74 Å². The maximum absolute atomic E-state index is 5.37. The maximum atomic E-state index is 5.37. The number of pyridine rings is 1. The van der Waals surface area contributed by atoms with E-state index < -0.39 is 0 Å². The van der Waals surface area contributed by atoms with Gasteiger partial charge in [0.05, 0.1) is 6.61 Å². The molecule has 0 aliphatic rings. The summed E-state index contributed by atoms with van der Waals surface area (Å²) < 4.78 is 7.60. The second kappa shape index (κ2) is 6.55. The van der Waals surface area contributed by atoms with Gasteiger partial charge in [0, 0.05) is 24.7 Å². The van der Waals surface area contributed by atoms with Gasteiger partial charge in [-0.05, 0) is 13.0 Å². The third-order valence-corrected chi connectivity index (χ3v) is 2.16. The second-order valence-electron chi connectivity index (χ2n) is 3.44. The van der Waals surface area contributed by atoms with E-state index in [2.05, 4.69) is 36.0 Å². The minimum absolute atomic E-state index is 0.726. The fourth-order valence-corrected chi connectivity index (χ4v) is 1.36. The molecule has 78 valence electrons. The van der Waals surface area contributed by atoms with Crippen LogP contribution in [0, 0.1) is 0 Å². The summed E-state index contributed by atoms with van der Waals surface area (Å²) in [6.45, 7) is 6.85. The Bertz CT molecular complexity index is 237. The predicted molar refractivity (Wildman–Crippen MR) is 56.9 cm³/mol. The van der Waals surface area contributed by atoms with Crippen LogP contribution in [0.5, 0.6) is 0 Å². The molecule has 1 aromatic rings. The smallest absolute Gasteiger partial charge is 0.174 e. The second-order valence-corrected chi connectivity index (χ2v) is 3.44. The first-order valence-corrected chi connectivity index (χ1v) is 5.42. The molecule has 0 aliphatic heterocycles. The summed E-state index contributed by atoms with van der Waals surface area (Å²) >= 11 is 0. The number of rotatable bonds is 6. The summed E-state index contributed by atoms with van der Waals surface area (Å²) in [5.74, 6) is 0. The molecule has 0 aromatic carbocycles. The van der Waals surface area contributed by atoms with Gasteiger partial charge >= 0.3 is 0 Å². The highest BCUT2D eigenvalue weighted by Crippen LogP contribution is 1.97. The van der Waals surface area contributed by atoms with Crippen molar-refractivity contribution < 1.29 is 9.30 Å². The van der Waals surface area contributed by atoms with Crippen molar-refractivity contribution in [1.82, 2.24) is 0 Å². The van der Waals surface area contributed by atoms with Gasteiger partial charge in [-0.2, -0.15) is 0 Å². The lowest BCUT2D eigenvalue weighted by molar-refractivity contribution is -0.697. The summed E-state index contributed by atoms with van der Waals surface area (Å²) in [4.78, 5) is 0. The highest BCUT2D eigenvalue weighted by Gasteiger charge is 2.01. The Kier molecular flexibility index (Phi) is 5.23. The first-order chi connectivity index (χ1) is 6.86. The van der Waals surface area contributed by atoms with Gasteiger partial charge in [-0.15, -0.1) is 0 Å². The molecule has 0 N–H and O–H groups in total. The quantitative estimate of drug-likeness (QED) is 0.633. The van der Waals surface area contributed by atoms with Crippen molar-refractivity contribution in [2.75, 3.05) is 6.61 Å². The molecule has 0 radical (unpaired) electrons. The molecule has 0 unspecified atom stereocenters. The van der Waals surface area contributed by atoms with Crippen molar-refractivity contribution in [1.29, 1.82) is 0 Å². The van der Waals surface area contributed by atoms with E-state index in [1.807, 2.05) is 6.92 Å². The van der Waals surface area contributed by atoms with Crippen LogP contribution >= 0.6 is 0 Å². The highest BCUT2D eigenvalue weighted by molar-refractivity contribution is 5.03. The molecular formula is C12H20NO+. The number of unbranched alkanes of at least 4 members (excludes halogenated alkanes) is 1. The third kappa shape index (κ3) is 3.88. The summed E-state index contributed by atoms with van der Waals surface area (Å²) in [6.07, 6.45) is 6.77. The molecule has 1 aromatic heterocycles. The average Bonchev–Trinajstić information content (AvgIpc) is 2.24. The van der Waals surface area contributed by atoms with E-state index in [-0.39, 0.29) is 0 Å². The van der Waals surface area contributed by atoms with Crippen molar-refractivity contribution in [3.63, 3.8) is 0 Å². The Morgan fingerprint density at radius 3 is 2.93 bits per heavy atom. The minimum Gasteiger partial charge on any atom is -0.377 e. The Labute approximate surface area is 86.5 Å². The van der Waals surface area contributed by atoms with Crippen LogP contribution in [0.15, 0.2) is 24.5 Å². The highest BCUT2D eigenvalue weighted by atomic mass is 16.5. The normalized spacial score (nSPS) is 10.4. The molecule has 0 spiro atoms. The number of aromatic nitrogens is 1. The molecule has 0 atom stereocenters. The largest absolute Gasteiger partial charge is 0.377 e. The fourth-order valence-electron chi connectivity index (χ4n) is 1.36. The van der Waals surface area contributed by atoms with Crippen LogP contribution in [-0.2, 0) is 17.9 Å². The number of hydrogen-bond donors (Lipinski definition) is 0. The molecule has 0 saturated heterocycles. The van der Waals surface area contributed by atoms with E-state index in [0.717, 1.165) is 19.8 Å². The van der Waals surface area contributed by atoms with E-state index in [9.17, 15) is 0 Å². The van der Waals surface area contributed by atoms with E-state index in [0.29, 0.717) is 0 Å². The summed E-state index contributed by atoms with van der Waals surface area (Å²) in [7, 11) is 0. The molecule has 1 rings (SSSR count). The monoisotopic (exact) mass is 194 g/mol. The lowest BCUT2D eigenvalue weighted by Gasteiger charge is -2.00. The van der Waals surface area contributed by atoms with Gasteiger partial charge in [0.15, 0.2) is 12.4 Å². The van der Waals surface area contributed by atoms with Crippen LogP contribution in [0.4, 0.5) is 0 Å². The van der Waals surface area contributed by atoms with Crippen molar-refractivity contribution in [3.05, 3.63) is 30.1 Å². The first-order valence-electron chi connectivity index (χ1n) is 5.42. The molecule has 1 heterocycles. The van der Waals surface area contributed by atoms with Crippen molar-refractivity contribution in [2.24, 2.45) is 0 Å². The molecule has 0 aliphatic carbocycles. The topological polar surface area (TPSA) is 13.1 Å². The number of hydrogen-bond acceptors (Lipinski definition) is 1. The van der Waals surface area contributed by atoms with Crippen LogP contribution in [-0.4, -0.2) is 6.61 Å². The van der Waals surface area contributed by atoms with Gasteiger partial charge in [-0.1, -0.05) is 13.3 Å². The molecule has 0 saturated carbocycles. The number of aryl methyl sites for hydroxylation is 1. The van der Waals surface area contributed by atoms with Crippen molar-refractivity contribution in [2.45, 2.75) is 39.8 Å². The lowest BCUT2D eigenvalue weighted by atomic mass is 10.3. The van der Waals surface area contributed by atoms with Gasteiger partial charge < -0.3 is 4.74 Å². The van der Waals surface area contributed by atoms with Gasteiger partial charge in [0.2, 0.25) is 0 Å². The molecule has 2 nitrogen and oxygen atoms in total. The zero-order valence-electron chi connectivity index (χ0n) is 9.20. The summed E-state index contributed by atoms with van der Waals surface area (Å²) in [5, 5.41) is 0. The van der Waals surface area contributed by atoms with Crippen LogP contribution in [0.1, 0.15) is 32.3 Å². The van der Waals surface area contributed by atoms with Gasteiger partial charge in [0.25, 0.3) is 0 Å². The van der Waals surface area contributed by atoms with Gasteiger partial charge in [-0.25, -0.2) is 4.57 Å². The SMILES string of the molecule is CCCC[n+]1cccc(COCC)c1. The fraction of sp³-hybridized carbons (Fsp3) is 0.583. The van der Waals surface area contributed by atoms with E-state index in [1.165, 1.54) is 18.4 Å². The molecule has 14 heavy (non-hydrogen) atoms. The van der Waals surface area contributed by atoms with Crippen LogP contribution in [0.3, 0.4) is 0 Å². The zero-order valence-corrected chi connectivity index (χ0v) is 9.20. The molecule has 0 amide bonds. The molecule has 0 fully saturated rings. The third-order valence-electron chi connectivity index (χ3n) is 2.16.